The summed E-state index contributed by atoms with van der Waals surface area (Å²) in [5.74, 6) is 0.491. The Hall–Kier alpha value is -3.52. The molecule has 1 aliphatic rings. The predicted octanol–water partition coefficient (Wildman–Crippen LogP) is 3.66. The van der Waals surface area contributed by atoms with Gasteiger partial charge >= 0.3 is 0 Å². The van der Waals surface area contributed by atoms with Gasteiger partial charge in [-0.05, 0) is 31.4 Å². The number of aromatic amines is 1. The van der Waals surface area contributed by atoms with Crippen LogP contribution in [0.15, 0.2) is 55.1 Å². The zero-order valence-corrected chi connectivity index (χ0v) is 17.3. The minimum Gasteiger partial charge on any atom is -0.381 e. The summed E-state index contributed by atoms with van der Waals surface area (Å²) in [5, 5.41) is 2.99. The Morgan fingerprint density at radius 3 is 2.77 bits per heavy atom. The van der Waals surface area contributed by atoms with E-state index >= 15 is 0 Å². The van der Waals surface area contributed by atoms with Gasteiger partial charge < -0.3 is 19.6 Å². The van der Waals surface area contributed by atoms with Gasteiger partial charge in [0.15, 0.2) is 5.65 Å². The van der Waals surface area contributed by atoms with Gasteiger partial charge in [0.05, 0.1) is 29.8 Å². The molecule has 0 saturated carbocycles. The van der Waals surface area contributed by atoms with Crippen molar-refractivity contribution in [1.29, 1.82) is 0 Å². The molecule has 0 bridgehead atoms. The first-order valence-electron chi connectivity index (χ1n) is 10.5. The van der Waals surface area contributed by atoms with E-state index in [-0.39, 0.29) is 11.9 Å². The van der Waals surface area contributed by atoms with Gasteiger partial charge in [0.2, 0.25) is 0 Å². The van der Waals surface area contributed by atoms with Crippen LogP contribution in [0.25, 0.3) is 22.4 Å². The highest BCUT2D eigenvalue weighted by molar-refractivity contribution is 5.96. The molecular weight excluding hydrogens is 392 g/mol. The van der Waals surface area contributed by atoms with Gasteiger partial charge in [-0.15, -0.1) is 0 Å². The Morgan fingerprint density at radius 1 is 1.16 bits per heavy atom. The van der Waals surface area contributed by atoms with Gasteiger partial charge in [-0.2, -0.15) is 0 Å². The lowest BCUT2D eigenvalue weighted by atomic mass is 10.1. The summed E-state index contributed by atoms with van der Waals surface area (Å²) in [5.41, 5.74) is 3.96. The number of carbonyl (C=O) groups is 1. The molecule has 1 amide bonds. The number of ether oxygens (including phenoxy) is 1. The molecule has 31 heavy (non-hydrogen) atoms. The maximum absolute atomic E-state index is 12.8. The third kappa shape index (κ3) is 3.94. The minimum absolute atomic E-state index is 0.208. The maximum Gasteiger partial charge on any atom is 0.253 e. The van der Waals surface area contributed by atoms with E-state index in [4.69, 9.17) is 4.74 Å². The molecule has 5 rings (SSSR count). The SMILES string of the molecule is C[C@H](NC(=O)c1cnc2c(c1)ncn2C1CCOCC1)c1ncc(-c2ccccc2)[nH]1. The quantitative estimate of drug-likeness (QED) is 0.517. The number of H-pyrrole nitrogens is 1. The second-order valence-electron chi connectivity index (χ2n) is 7.81. The van der Waals surface area contributed by atoms with Crippen LogP contribution in [0.2, 0.25) is 0 Å². The molecule has 158 valence electrons. The summed E-state index contributed by atoms with van der Waals surface area (Å²) in [6.07, 6.45) is 7.09. The number of fused-ring (bicyclic) bond motifs is 1. The van der Waals surface area contributed by atoms with Crippen LogP contribution in [0, 0.1) is 0 Å². The van der Waals surface area contributed by atoms with Crippen LogP contribution in [0.5, 0.6) is 0 Å². The summed E-state index contributed by atoms with van der Waals surface area (Å²) in [6.45, 7) is 3.40. The first kappa shape index (κ1) is 19.4. The van der Waals surface area contributed by atoms with E-state index in [1.807, 2.05) is 43.6 Å². The van der Waals surface area contributed by atoms with Crippen LogP contribution in [-0.4, -0.2) is 43.6 Å². The lowest BCUT2D eigenvalue weighted by Gasteiger charge is -2.23. The Labute approximate surface area is 179 Å². The highest BCUT2D eigenvalue weighted by Crippen LogP contribution is 2.25. The molecule has 8 heteroatoms. The Balaban J connectivity index is 1.30. The van der Waals surface area contributed by atoms with Gasteiger partial charge in [-0.25, -0.2) is 15.0 Å². The van der Waals surface area contributed by atoms with Gasteiger partial charge in [0.1, 0.15) is 11.3 Å². The summed E-state index contributed by atoms with van der Waals surface area (Å²) in [7, 11) is 0. The fraction of sp³-hybridized carbons (Fsp3) is 0.304. The molecule has 8 nitrogen and oxygen atoms in total. The summed E-state index contributed by atoms with van der Waals surface area (Å²) >= 11 is 0. The summed E-state index contributed by atoms with van der Waals surface area (Å²) < 4.78 is 7.54. The van der Waals surface area contributed by atoms with Crippen LogP contribution in [-0.2, 0) is 4.74 Å². The molecule has 3 aromatic heterocycles. The number of pyridine rings is 1. The molecule has 0 aliphatic carbocycles. The minimum atomic E-state index is -0.277. The number of imidazole rings is 2. The first-order chi connectivity index (χ1) is 15.2. The van der Waals surface area contributed by atoms with Crippen molar-refractivity contribution in [2.24, 2.45) is 0 Å². The van der Waals surface area contributed by atoms with Crippen LogP contribution in [0.3, 0.4) is 0 Å². The van der Waals surface area contributed by atoms with Crippen LogP contribution < -0.4 is 5.32 Å². The number of amides is 1. The first-order valence-corrected chi connectivity index (χ1v) is 10.5. The Morgan fingerprint density at radius 2 is 1.97 bits per heavy atom. The number of rotatable bonds is 5. The van der Waals surface area contributed by atoms with Crippen molar-refractivity contribution < 1.29 is 9.53 Å². The lowest BCUT2D eigenvalue weighted by molar-refractivity contribution is 0.0704. The van der Waals surface area contributed by atoms with Gasteiger partial charge in [0, 0.05) is 25.5 Å². The molecule has 0 unspecified atom stereocenters. The Kier molecular flexibility index (Phi) is 5.21. The fourth-order valence-electron chi connectivity index (χ4n) is 3.94. The van der Waals surface area contributed by atoms with Crippen LogP contribution >= 0.6 is 0 Å². The number of hydrogen-bond acceptors (Lipinski definition) is 5. The van der Waals surface area contributed by atoms with Crippen molar-refractivity contribution >= 4 is 17.1 Å². The molecule has 0 radical (unpaired) electrons. The van der Waals surface area contributed by atoms with Crippen molar-refractivity contribution in [3.05, 3.63) is 66.5 Å². The van der Waals surface area contributed by atoms with Crippen molar-refractivity contribution in [1.82, 2.24) is 29.8 Å². The Bertz CT molecular complexity index is 1190. The molecule has 0 spiro atoms. The maximum atomic E-state index is 12.8. The van der Waals surface area contributed by atoms with Crippen molar-refractivity contribution in [2.75, 3.05) is 13.2 Å². The smallest absolute Gasteiger partial charge is 0.253 e. The molecule has 1 aliphatic heterocycles. The highest BCUT2D eigenvalue weighted by Gasteiger charge is 2.20. The predicted molar refractivity (Wildman–Crippen MR) is 117 cm³/mol. The van der Waals surface area contributed by atoms with Crippen LogP contribution in [0.4, 0.5) is 0 Å². The normalized spacial score (nSPS) is 15.8. The van der Waals surface area contributed by atoms with Gasteiger partial charge in [0.25, 0.3) is 5.91 Å². The van der Waals surface area contributed by atoms with Gasteiger partial charge in [-0.1, -0.05) is 30.3 Å². The highest BCUT2D eigenvalue weighted by atomic mass is 16.5. The average Bonchev–Trinajstić information content (AvgIpc) is 3.47. The van der Waals surface area contributed by atoms with Crippen molar-refractivity contribution in [3.8, 4) is 11.3 Å². The lowest BCUT2D eigenvalue weighted by Crippen LogP contribution is -2.27. The summed E-state index contributed by atoms with van der Waals surface area (Å²) in [4.78, 5) is 29.5. The summed E-state index contributed by atoms with van der Waals surface area (Å²) in [6, 6.07) is 11.8. The molecule has 1 saturated heterocycles. The molecular formula is C23H24N6O2. The largest absolute Gasteiger partial charge is 0.381 e. The molecule has 2 N–H and O–H groups in total. The monoisotopic (exact) mass is 416 g/mol. The van der Waals surface area contributed by atoms with E-state index in [0.29, 0.717) is 17.4 Å². The number of aromatic nitrogens is 5. The molecule has 4 aromatic rings. The molecule has 4 heterocycles. The van der Waals surface area contributed by atoms with E-state index < -0.39 is 0 Å². The standard InChI is InChI=1S/C23H24N6O2/c1-15(21-24-13-20(28-21)16-5-3-2-4-6-16)27-23(30)17-11-19-22(25-12-17)29(14-26-19)18-7-9-31-10-8-18/h2-6,11-15,18H,7-10H2,1H3,(H,24,28)(H,27,30)/t15-/m0/s1. The second-order valence-corrected chi connectivity index (χ2v) is 7.81. The van der Waals surface area contributed by atoms with E-state index in [2.05, 4.69) is 29.8 Å². The number of nitrogens with one attached hydrogen (secondary N) is 2. The van der Waals surface area contributed by atoms with E-state index in [1.54, 1.807) is 18.5 Å². The van der Waals surface area contributed by atoms with E-state index in [9.17, 15) is 4.79 Å². The van der Waals surface area contributed by atoms with Gasteiger partial charge in [-0.3, -0.25) is 4.79 Å². The molecule has 1 fully saturated rings. The van der Waals surface area contributed by atoms with E-state index in [0.717, 1.165) is 48.5 Å². The third-order valence-electron chi connectivity index (χ3n) is 5.70. The average molecular weight is 416 g/mol. The molecule has 1 aromatic carbocycles. The van der Waals surface area contributed by atoms with Crippen LogP contribution in [0.1, 0.15) is 48.0 Å². The number of nitrogens with zero attached hydrogens (tertiary/aromatic N) is 4. The van der Waals surface area contributed by atoms with E-state index in [1.165, 1.54) is 0 Å². The zero-order chi connectivity index (χ0) is 21.2. The molecule has 1 atom stereocenters. The number of hydrogen-bond donors (Lipinski definition) is 2. The number of carbonyl (C=O) groups excluding carboxylic acids is 1. The second kappa shape index (κ2) is 8.31. The number of benzene rings is 1. The fourth-order valence-corrected chi connectivity index (χ4v) is 3.94. The third-order valence-corrected chi connectivity index (χ3v) is 5.70. The van der Waals surface area contributed by atoms with Crippen molar-refractivity contribution in [2.45, 2.75) is 31.8 Å². The zero-order valence-electron chi connectivity index (χ0n) is 17.3. The topological polar surface area (TPSA) is 97.7 Å². The van der Waals surface area contributed by atoms with Crippen molar-refractivity contribution in [3.63, 3.8) is 0 Å².